The summed E-state index contributed by atoms with van der Waals surface area (Å²) in [6, 6.07) is 19.2. The van der Waals surface area contributed by atoms with Crippen LogP contribution in [0, 0.1) is 17.2 Å². The van der Waals surface area contributed by atoms with E-state index in [0.29, 0.717) is 38.0 Å². The van der Waals surface area contributed by atoms with Crippen LogP contribution in [0.4, 0.5) is 0 Å². The minimum absolute atomic E-state index is 0.0141. The van der Waals surface area contributed by atoms with Crippen LogP contribution in [-0.4, -0.2) is 46.4 Å². The molecule has 2 aromatic carbocycles. The van der Waals surface area contributed by atoms with E-state index in [4.69, 9.17) is 0 Å². The number of hydrogen-bond donors (Lipinski definition) is 1. The van der Waals surface area contributed by atoms with E-state index in [0.717, 1.165) is 11.1 Å². The molecule has 2 heterocycles. The molecule has 1 atom stereocenters. The van der Waals surface area contributed by atoms with E-state index in [-0.39, 0.29) is 23.8 Å². The van der Waals surface area contributed by atoms with Gasteiger partial charge in [-0.3, -0.25) is 14.9 Å². The van der Waals surface area contributed by atoms with E-state index in [1.807, 2.05) is 78.3 Å². The molecule has 6 heteroatoms. The van der Waals surface area contributed by atoms with Crippen LogP contribution in [0.3, 0.4) is 0 Å². The Morgan fingerprint density at radius 2 is 1.82 bits per heavy atom. The Labute approximate surface area is 195 Å². The molecule has 2 saturated heterocycles. The Morgan fingerprint density at radius 1 is 1.15 bits per heavy atom. The van der Waals surface area contributed by atoms with Crippen molar-refractivity contribution in [2.45, 2.75) is 44.9 Å². The van der Waals surface area contributed by atoms with Crippen molar-refractivity contribution in [3.8, 4) is 6.07 Å². The number of piperidine rings is 1. The number of carbonyl (C=O) groups excluding carboxylic acids is 2. The van der Waals surface area contributed by atoms with E-state index in [9.17, 15) is 14.9 Å². The molecule has 6 nitrogen and oxygen atoms in total. The third-order valence-electron chi connectivity index (χ3n) is 6.73. The van der Waals surface area contributed by atoms with Gasteiger partial charge < -0.3 is 9.80 Å². The maximum Gasteiger partial charge on any atom is 0.246 e. The Morgan fingerprint density at radius 3 is 2.48 bits per heavy atom. The highest BCUT2D eigenvalue weighted by atomic mass is 16.2. The Hall–Kier alpha value is -3.43. The van der Waals surface area contributed by atoms with Gasteiger partial charge in [-0.1, -0.05) is 62.4 Å². The van der Waals surface area contributed by atoms with Gasteiger partial charge in [-0.25, -0.2) is 0 Å². The van der Waals surface area contributed by atoms with Gasteiger partial charge in [0.05, 0.1) is 23.3 Å². The summed E-state index contributed by atoms with van der Waals surface area (Å²) in [5, 5.41) is 13.1. The van der Waals surface area contributed by atoms with Crippen molar-refractivity contribution in [2.75, 3.05) is 13.1 Å². The topological polar surface area (TPSA) is 76.4 Å². The highest BCUT2D eigenvalue weighted by Gasteiger charge is 2.52. The average molecular weight is 443 g/mol. The standard InChI is InChI=1S/C27H30N4O2/c1-20(2)25-26(33)31(19-23-11-7-6-10-22(23)18-28)27(29-25)14-16-30(17-15-27)24(32)13-12-21-8-4-3-5-9-21/h3-13,20,25,29H,14-17,19H2,1-2H3. The SMILES string of the molecule is CC(C)C1NC2(CCN(C(=O)C=Cc3ccccc3)CC2)N(Cc2ccccc2C#N)C1=O. The van der Waals surface area contributed by atoms with Gasteiger partial charge in [-0.2, -0.15) is 5.26 Å². The van der Waals surface area contributed by atoms with Crippen LogP contribution in [0.5, 0.6) is 0 Å². The molecule has 0 aromatic heterocycles. The second kappa shape index (κ2) is 9.60. The summed E-state index contributed by atoms with van der Waals surface area (Å²) >= 11 is 0. The molecule has 2 aliphatic heterocycles. The van der Waals surface area contributed by atoms with Crippen LogP contribution in [-0.2, 0) is 16.1 Å². The van der Waals surface area contributed by atoms with Gasteiger partial charge >= 0.3 is 0 Å². The van der Waals surface area contributed by atoms with Crippen LogP contribution in [0.25, 0.3) is 6.08 Å². The zero-order valence-corrected chi connectivity index (χ0v) is 19.2. The number of likely N-dealkylation sites (tertiary alicyclic amines) is 1. The van der Waals surface area contributed by atoms with Gasteiger partial charge in [0.25, 0.3) is 0 Å². The lowest BCUT2D eigenvalue weighted by atomic mass is 9.94. The quantitative estimate of drug-likeness (QED) is 0.719. The number of carbonyl (C=O) groups is 2. The minimum atomic E-state index is -0.505. The molecule has 0 bridgehead atoms. The number of benzene rings is 2. The van der Waals surface area contributed by atoms with Crippen LogP contribution in [0.1, 0.15) is 43.4 Å². The molecule has 33 heavy (non-hydrogen) atoms. The fraction of sp³-hybridized carbons (Fsp3) is 0.370. The number of rotatable bonds is 5. The van der Waals surface area contributed by atoms with Crippen molar-refractivity contribution in [1.29, 1.82) is 5.26 Å². The van der Waals surface area contributed by atoms with E-state index < -0.39 is 5.66 Å². The van der Waals surface area contributed by atoms with E-state index in [1.165, 1.54) is 0 Å². The van der Waals surface area contributed by atoms with Crippen molar-refractivity contribution in [1.82, 2.24) is 15.1 Å². The monoisotopic (exact) mass is 442 g/mol. The lowest BCUT2D eigenvalue weighted by molar-refractivity contribution is -0.136. The van der Waals surface area contributed by atoms with Gasteiger partial charge in [0.15, 0.2) is 0 Å². The predicted molar refractivity (Wildman–Crippen MR) is 127 cm³/mol. The molecule has 0 saturated carbocycles. The van der Waals surface area contributed by atoms with Crippen molar-refractivity contribution >= 4 is 17.9 Å². The lowest BCUT2D eigenvalue weighted by Gasteiger charge is -2.44. The van der Waals surface area contributed by atoms with Crippen LogP contribution >= 0.6 is 0 Å². The largest absolute Gasteiger partial charge is 0.339 e. The van der Waals surface area contributed by atoms with Crippen molar-refractivity contribution in [2.24, 2.45) is 5.92 Å². The van der Waals surface area contributed by atoms with Crippen molar-refractivity contribution in [3.63, 3.8) is 0 Å². The number of hydrogen-bond acceptors (Lipinski definition) is 4. The summed E-state index contributed by atoms with van der Waals surface area (Å²) in [5.41, 5.74) is 1.92. The maximum atomic E-state index is 13.4. The Bertz CT molecular complexity index is 1080. The molecular weight excluding hydrogens is 412 g/mol. The summed E-state index contributed by atoms with van der Waals surface area (Å²) in [6.07, 6.45) is 4.77. The third kappa shape index (κ3) is 4.69. The summed E-state index contributed by atoms with van der Waals surface area (Å²) in [5.74, 6) is 0.209. The van der Waals surface area contributed by atoms with Gasteiger partial charge in [-0.15, -0.1) is 0 Å². The fourth-order valence-electron chi connectivity index (χ4n) is 4.77. The highest BCUT2D eigenvalue weighted by molar-refractivity contribution is 5.92. The summed E-state index contributed by atoms with van der Waals surface area (Å²) in [7, 11) is 0. The molecule has 1 N–H and O–H groups in total. The van der Waals surface area contributed by atoms with Crippen molar-refractivity contribution in [3.05, 3.63) is 77.4 Å². The first-order valence-electron chi connectivity index (χ1n) is 11.5. The lowest BCUT2D eigenvalue weighted by Crippen LogP contribution is -2.59. The molecule has 2 aromatic rings. The maximum absolute atomic E-state index is 13.4. The van der Waals surface area contributed by atoms with Crippen LogP contribution in [0.2, 0.25) is 0 Å². The molecule has 2 fully saturated rings. The molecule has 2 amide bonds. The molecule has 0 radical (unpaired) electrons. The predicted octanol–water partition coefficient (Wildman–Crippen LogP) is 3.55. The third-order valence-corrected chi connectivity index (χ3v) is 6.73. The average Bonchev–Trinajstić information content (AvgIpc) is 3.10. The summed E-state index contributed by atoms with van der Waals surface area (Å²) in [4.78, 5) is 29.9. The Kier molecular flexibility index (Phi) is 6.62. The number of nitriles is 1. The van der Waals surface area contributed by atoms with E-state index in [1.54, 1.807) is 12.1 Å². The minimum Gasteiger partial charge on any atom is -0.339 e. The fourth-order valence-corrected chi connectivity index (χ4v) is 4.77. The molecule has 170 valence electrons. The van der Waals surface area contributed by atoms with Gasteiger partial charge in [0.2, 0.25) is 11.8 Å². The summed E-state index contributed by atoms with van der Waals surface area (Å²) in [6.45, 7) is 5.62. The summed E-state index contributed by atoms with van der Waals surface area (Å²) < 4.78 is 0. The number of amides is 2. The normalized spacial score (nSPS) is 20.1. The van der Waals surface area contributed by atoms with Gasteiger partial charge in [-0.05, 0) is 29.2 Å². The van der Waals surface area contributed by atoms with E-state index in [2.05, 4.69) is 11.4 Å². The second-order valence-electron chi connectivity index (χ2n) is 9.16. The molecular formula is C27H30N4O2. The molecule has 4 rings (SSSR count). The first kappa shape index (κ1) is 22.8. The highest BCUT2D eigenvalue weighted by Crippen LogP contribution is 2.36. The molecule has 1 spiro atoms. The number of nitrogens with one attached hydrogen (secondary N) is 1. The van der Waals surface area contributed by atoms with Crippen molar-refractivity contribution < 1.29 is 9.59 Å². The molecule has 2 aliphatic rings. The molecule has 1 unspecified atom stereocenters. The zero-order valence-electron chi connectivity index (χ0n) is 19.2. The first-order valence-corrected chi connectivity index (χ1v) is 11.5. The van der Waals surface area contributed by atoms with E-state index >= 15 is 0 Å². The Balaban J connectivity index is 1.51. The smallest absolute Gasteiger partial charge is 0.246 e. The first-order chi connectivity index (χ1) is 15.9. The zero-order chi connectivity index (χ0) is 23.4. The number of nitrogens with zero attached hydrogens (tertiary/aromatic N) is 3. The second-order valence-corrected chi connectivity index (χ2v) is 9.16. The van der Waals surface area contributed by atoms with Crippen LogP contribution in [0.15, 0.2) is 60.7 Å². The van der Waals surface area contributed by atoms with Crippen LogP contribution < -0.4 is 5.32 Å². The van der Waals surface area contributed by atoms with Gasteiger partial charge in [0.1, 0.15) is 0 Å². The molecule has 0 aliphatic carbocycles. The van der Waals surface area contributed by atoms with Gasteiger partial charge in [0, 0.05) is 38.6 Å².